The van der Waals surface area contributed by atoms with Crippen LogP contribution >= 0.6 is 0 Å². The summed E-state index contributed by atoms with van der Waals surface area (Å²) in [5.41, 5.74) is 5.20. The predicted octanol–water partition coefficient (Wildman–Crippen LogP) is 2.76. The van der Waals surface area contributed by atoms with Crippen LogP contribution in [0.15, 0.2) is 48.7 Å². The van der Waals surface area contributed by atoms with Crippen LogP contribution in [0.1, 0.15) is 23.1 Å². The Morgan fingerprint density at radius 1 is 1.10 bits per heavy atom. The fourth-order valence-corrected chi connectivity index (χ4v) is 4.38. The van der Waals surface area contributed by atoms with E-state index in [0.29, 0.717) is 12.1 Å². The highest BCUT2D eigenvalue weighted by atomic mass is 16.2. The van der Waals surface area contributed by atoms with Gasteiger partial charge in [0.15, 0.2) is 0 Å². The number of aryl methyl sites for hydroxylation is 2. The molecule has 152 valence electrons. The van der Waals surface area contributed by atoms with Gasteiger partial charge < -0.3 is 15.6 Å². The number of imide groups is 1. The molecule has 1 fully saturated rings. The molecule has 2 aliphatic rings. The Hall–Kier alpha value is -3.61. The lowest BCUT2D eigenvalue weighted by Gasteiger charge is -2.13. The van der Waals surface area contributed by atoms with Crippen molar-refractivity contribution in [1.29, 1.82) is 0 Å². The number of aromatic amines is 1. The third-order valence-electron chi connectivity index (χ3n) is 5.89. The number of fused-ring (bicyclic) bond motifs is 2. The van der Waals surface area contributed by atoms with Crippen molar-refractivity contribution in [2.24, 2.45) is 0 Å². The highest BCUT2D eigenvalue weighted by Gasteiger charge is 2.39. The van der Waals surface area contributed by atoms with Gasteiger partial charge in [0.25, 0.3) is 5.91 Å². The molecule has 0 saturated carbocycles. The van der Waals surface area contributed by atoms with Crippen molar-refractivity contribution >= 4 is 34.4 Å². The number of H-pyrrole nitrogens is 1. The van der Waals surface area contributed by atoms with E-state index in [9.17, 15) is 14.4 Å². The minimum atomic E-state index is -0.676. The van der Waals surface area contributed by atoms with Crippen LogP contribution in [-0.4, -0.2) is 40.3 Å². The van der Waals surface area contributed by atoms with Crippen molar-refractivity contribution in [3.05, 3.63) is 65.4 Å². The summed E-state index contributed by atoms with van der Waals surface area (Å²) in [4.78, 5) is 41.7. The maximum absolute atomic E-state index is 12.8. The van der Waals surface area contributed by atoms with Gasteiger partial charge in [0, 0.05) is 29.2 Å². The van der Waals surface area contributed by atoms with E-state index in [2.05, 4.69) is 15.6 Å². The number of carbonyl (C=O) groups excluding carboxylic acids is 3. The molecule has 0 radical (unpaired) electrons. The van der Waals surface area contributed by atoms with Crippen LogP contribution < -0.4 is 10.6 Å². The van der Waals surface area contributed by atoms with Crippen molar-refractivity contribution < 1.29 is 14.4 Å². The molecule has 2 heterocycles. The highest BCUT2D eigenvalue weighted by molar-refractivity contribution is 6.08. The number of nitrogens with zero attached hydrogens (tertiary/aromatic N) is 1. The molecule has 0 spiro atoms. The number of rotatable bonds is 5. The Morgan fingerprint density at radius 3 is 2.83 bits per heavy atom. The standard InChI is InChI=1S/C23H22N4O3/c28-21(25-17-9-8-14-4-3-5-15(14)10-17)13-27-22(29)20(26-23(27)30)11-16-12-24-19-7-2-1-6-18(16)19/h1-2,6-10,12,20,24H,3-5,11,13H2,(H,25,28)(H,26,30). The highest BCUT2D eigenvalue weighted by Crippen LogP contribution is 2.25. The molecule has 1 aliphatic heterocycles. The molecular formula is C23H22N4O3. The number of nitrogens with one attached hydrogen (secondary N) is 3. The Morgan fingerprint density at radius 2 is 1.93 bits per heavy atom. The van der Waals surface area contributed by atoms with Gasteiger partial charge in [0.1, 0.15) is 12.6 Å². The van der Waals surface area contributed by atoms with Crippen molar-refractivity contribution in [1.82, 2.24) is 15.2 Å². The Balaban J connectivity index is 1.24. The molecule has 0 bridgehead atoms. The second-order valence-electron chi connectivity index (χ2n) is 7.88. The Labute approximate surface area is 173 Å². The topological polar surface area (TPSA) is 94.3 Å². The van der Waals surface area contributed by atoms with Crippen LogP contribution in [0, 0.1) is 0 Å². The maximum Gasteiger partial charge on any atom is 0.325 e. The average molecular weight is 402 g/mol. The minimum Gasteiger partial charge on any atom is -0.361 e. The largest absolute Gasteiger partial charge is 0.361 e. The first-order valence-electron chi connectivity index (χ1n) is 10.2. The maximum atomic E-state index is 12.8. The number of benzene rings is 2. The molecule has 4 amide bonds. The molecule has 3 aromatic rings. The van der Waals surface area contributed by atoms with Gasteiger partial charge in [-0.25, -0.2) is 4.79 Å². The summed E-state index contributed by atoms with van der Waals surface area (Å²) in [7, 11) is 0. The number of hydrogen-bond acceptors (Lipinski definition) is 3. The molecule has 1 saturated heterocycles. The fraction of sp³-hybridized carbons (Fsp3) is 0.261. The van der Waals surface area contributed by atoms with Gasteiger partial charge in [-0.3, -0.25) is 14.5 Å². The average Bonchev–Trinajstić information content (AvgIpc) is 3.43. The molecule has 1 unspecified atom stereocenters. The third kappa shape index (κ3) is 3.32. The fourth-order valence-electron chi connectivity index (χ4n) is 4.38. The number of anilines is 1. The van der Waals surface area contributed by atoms with E-state index in [1.807, 2.05) is 48.7 Å². The van der Waals surface area contributed by atoms with Gasteiger partial charge in [-0.1, -0.05) is 24.3 Å². The molecular weight excluding hydrogens is 380 g/mol. The van der Waals surface area contributed by atoms with E-state index < -0.39 is 12.1 Å². The predicted molar refractivity (Wildman–Crippen MR) is 113 cm³/mol. The lowest BCUT2D eigenvalue weighted by molar-refractivity contribution is -0.130. The SMILES string of the molecule is O=C(CN1C(=O)NC(Cc2c[nH]c3ccccc23)C1=O)Nc1ccc2c(c1)CCC2. The molecule has 1 aromatic heterocycles. The van der Waals surface area contributed by atoms with Crippen molar-refractivity contribution in [2.45, 2.75) is 31.7 Å². The second-order valence-corrected chi connectivity index (χ2v) is 7.88. The summed E-state index contributed by atoms with van der Waals surface area (Å²) in [5.74, 6) is -0.765. The van der Waals surface area contributed by atoms with Gasteiger partial charge in [-0.15, -0.1) is 0 Å². The van der Waals surface area contributed by atoms with Crippen LogP contribution in [0.25, 0.3) is 10.9 Å². The van der Waals surface area contributed by atoms with E-state index in [0.717, 1.165) is 40.6 Å². The smallest absolute Gasteiger partial charge is 0.325 e. The molecule has 3 N–H and O–H groups in total. The number of urea groups is 1. The number of carbonyl (C=O) groups is 3. The van der Waals surface area contributed by atoms with Crippen LogP contribution in [0.5, 0.6) is 0 Å². The van der Waals surface area contributed by atoms with Crippen LogP contribution in [0.3, 0.4) is 0 Å². The van der Waals surface area contributed by atoms with Crippen LogP contribution in [-0.2, 0) is 28.9 Å². The van der Waals surface area contributed by atoms with E-state index in [1.54, 1.807) is 0 Å². The summed E-state index contributed by atoms with van der Waals surface area (Å²) in [6, 6.07) is 12.5. The lowest BCUT2D eigenvalue weighted by Crippen LogP contribution is -2.38. The number of hydrogen-bond donors (Lipinski definition) is 3. The van der Waals surface area contributed by atoms with Gasteiger partial charge >= 0.3 is 6.03 Å². The Kier molecular flexibility index (Phi) is 4.50. The Bertz CT molecular complexity index is 1170. The summed E-state index contributed by atoms with van der Waals surface area (Å²) < 4.78 is 0. The van der Waals surface area contributed by atoms with Crippen LogP contribution in [0.4, 0.5) is 10.5 Å². The quantitative estimate of drug-likeness (QED) is 0.573. The van der Waals surface area contributed by atoms with E-state index in [-0.39, 0.29) is 18.4 Å². The monoisotopic (exact) mass is 402 g/mol. The first kappa shape index (κ1) is 18.4. The first-order valence-corrected chi connectivity index (χ1v) is 10.2. The molecule has 30 heavy (non-hydrogen) atoms. The summed E-state index contributed by atoms with van der Waals surface area (Å²) >= 11 is 0. The van der Waals surface area contributed by atoms with Crippen molar-refractivity contribution in [3.8, 4) is 0 Å². The molecule has 1 aliphatic carbocycles. The van der Waals surface area contributed by atoms with Gasteiger partial charge in [-0.05, 0) is 54.2 Å². The molecule has 7 nitrogen and oxygen atoms in total. The molecule has 7 heteroatoms. The van der Waals surface area contributed by atoms with Crippen molar-refractivity contribution in [3.63, 3.8) is 0 Å². The van der Waals surface area contributed by atoms with Gasteiger partial charge in [0.2, 0.25) is 5.91 Å². The number of para-hydroxylation sites is 1. The zero-order valence-electron chi connectivity index (χ0n) is 16.4. The number of amides is 4. The zero-order chi connectivity index (χ0) is 20.7. The van der Waals surface area contributed by atoms with E-state index >= 15 is 0 Å². The van der Waals surface area contributed by atoms with Gasteiger partial charge in [-0.2, -0.15) is 0 Å². The summed E-state index contributed by atoms with van der Waals surface area (Å²) in [5, 5.41) is 6.53. The summed E-state index contributed by atoms with van der Waals surface area (Å²) in [6.45, 7) is -0.299. The summed E-state index contributed by atoms with van der Waals surface area (Å²) in [6.07, 6.45) is 5.45. The zero-order valence-corrected chi connectivity index (χ0v) is 16.4. The van der Waals surface area contributed by atoms with Gasteiger partial charge in [0.05, 0.1) is 0 Å². The first-order chi connectivity index (χ1) is 14.6. The molecule has 1 atom stereocenters. The lowest BCUT2D eigenvalue weighted by atomic mass is 10.1. The van der Waals surface area contributed by atoms with E-state index in [1.165, 1.54) is 11.1 Å². The molecule has 2 aromatic carbocycles. The van der Waals surface area contributed by atoms with Crippen molar-refractivity contribution in [2.75, 3.05) is 11.9 Å². The van der Waals surface area contributed by atoms with E-state index in [4.69, 9.17) is 0 Å². The number of aromatic nitrogens is 1. The normalized spacial score (nSPS) is 18.0. The minimum absolute atomic E-state index is 0.299. The second kappa shape index (κ2) is 7.33. The molecule has 5 rings (SSSR count). The van der Waals surface area contributed by atoms with Crippen LogP contribution in [0.2, 0.25) is 0 Å². The third-order valence-corrected chi connectivity index (χ3v) is 5.89.